The fraction of sp³-hybridized carbons (Fsp3) is 0.800. The van der Waals surface area contributed by atoms with Crippen molar-refractivity contribution >= 4 is 0 Å². The molecule has 3 atom stereocenters. The maximum Gasteiger partial charge on any atom is 0.311 e. The molecule has 0 amide bonds. The van der Waals surface area contributed by atoms with E-state index in [1.54, 1.807) is 6.08 Å². The summed E-state index contributed by atoms with van der Waals surface area (Å²) in [4.78, 5) is 0. The van der Waals surface area contributed by atoms with Gasteiger partial charge in [0.15, 0.2) is 0 Å². The molecule has 4 nitrogen and oxygen atoms in total. The van der Waals surface area contributed by atoms with Crippen LogP contribution in [0.25, 0.3) is 0 Å². The number of ether oxygens (including phenoxy) is 4. The van der Waals surface area contributed by atoms with Crippen LogP contribution in [0, 0.1) is 5.92 Å². The van der Waals surface area contributed by atoms with Gasteiger partial charge in [-0.05, 0) is 31.6 Å². The van der Waals surface area contributed by atoms with E-state index in [4.69, 9.17) is 18.9 Å². The van der Waals surface area contributed by atoms with Crippen molar-refractivity contribution in [2.45, 2.75) is 123 Å². The zero-order valence-corrected chi connectivity index (χ0v) is 22.9. The SMILES string of the molecule is C=CCCOC(OCC=C)(OCCC(C)CC)C(CC=C)OCCCCCCCCCCCC. The third kappa shape index (κ3) is 16.6. The van der Waals surface area contributed by atoms with Crippen molar-refractivity contribution in [2.24, 2.45) is 5.92 Å². The summed E-state index contributed by atoms with van der Waals surface area (Å²) in [5, 5.41) is 0. The maximum absolute atomic E-state index is 6.33. The molecule has 0 fully saturated rings. The summed E-state index contributed by atoms with van der Waals surface area (Å²) in [6, 6.07) is 0. The molecule has 0 saturated carbocycles. The summed E-state index contributed by atoms with van der Waals surface area (Å²) in [6.45, 7) is 20.2. The summed E-state index contributed by atoms with van der Waals surface area (Å²) in [7, 11) is 0. The molecule has 200 valence electrons. The van der Waals surface area contributed by atoms with Crippen molar-refractivity contribution in [3.05, 3.63) is 38.0 Å². The zero-order chi connectivity index (χ0) is 25.3. The molecule has 0 aromatic carbocycles. The van der Waals surface area contributed by atoms with Gasteiger partial charge in [0.1, 0.15) is 6.10 Å². The Morgan fingerprint density at radius 3 is 1.88 bits per heavy atom. The minimum atomic E-state index is -1.27. The monoisotopic (exact) mass is 480 g/mol. The largest absolute Gasteiger partial charge is 0.369 e. The van der Waals surface area contributed by atoms with Gasteiger partial charge in [0.05, 0.1) is 19.8 Å². The highest BCUT2D eigenvalue weighted by atomic mass is 16.9. The van der Waals surface area contributed by atoms with E-state index in [1.165, 1.54) is 57.8 Å². The molecule has 0 aromatic rings. The zero-order valence-electron chi connectivity index (χ0n) is 22.9. The van der Waals surface area contributed by atoms with Gasteiger partial charge in [-0.2, -0.15) is 0 Å². The Kier molecular flexibility index (Phi) is 23.1. The third-order valence-electron chi connectivity index (χ3n) is 6.23. The second kappa shape index (κ2) is 23.8. The van der Waals surface area contributed by atoms with E-state index >= 15 is 0 Å². The Morgan fingerprint density at radius 2 is 1.32 bits per heavy atom. The molecule has 0 bridgehead atoms. The minimum absolute atomic E-state index is 0.326. The Bertz CT molecular complexity index is 478. The first-order chi connectivity index (χ1) is 16.6. The molecular formula is C30H56O4. The lowest BCUT2D eigenvalue weighted by atomic mass is 10.1. The molecule has 34 heavy (non-hydrogen) atoms. The van der Waals surface area contributed by atoms with Gasteiger partial charge in [-0.25, -0.2) is 0 Å². The molecular weight excluding hydrogens is 424 g/mol. The smallest absolute Gasteiger partial charge is 0.311 e. The van der Waals surface area contributed by atoms with Crippen LogP contribution in [0.5, 0.6) is 0 Å². The second-order valence-corrected chi connectivity index (χ2v) is 9.35. The number of hydrogen-bond acceptors (Lipinski definition) is 4. The average Bonchev–Trinajstić information content (AvgIpc) is 2.84. The number of rotatable bonds is 27. The minimum Gasteiger partial charge on any atom is -0.369 e. The number of hydrogen-bond donors (Lipinski definition) is 0. The Morgan fingerprint density at radius 1 is 0.706 bits per heavy atom. The average molecular weight is 481 g/mol. The Balaban J connectivity index is 4.81. The van der Waals surface area contributed by atoms with E-state index in [-0.39, 0.29) is 6.10 Å². The molecule has 0 aliphatic heterocycles. The summed E-state index contributed by atoms with van der Waals surface area (Å²) in [5.41, 5.74) is 0. The highest BCUT2D eigenvalue weighted by Crippen LogP contribution is 2.28. The molecule has 0 rings (SSSR count). The molecule has 0 aromatic heterocycles. The van der Waals surface area contributed by atoms with E-state index < -0.39 is 5.97 Å². The fourth-order valence-electron chi connectivity index (χ4n) is 3.75. The van der Waals surface area contributed by atoms with Crippen molar-refractivity contribution in [2.75, 3.05) is 26.4 Å². The van der Waals surface area contributed by atoms with Crippen LogP contribution >= 0.6 is 0 Å². The van der Waals surface area contributed by atoms with E-state index in [9.17, 15) is 0 Å². The van der Waals surface area contributed by atoms with E-state index in [0.29, 0.717) is 45.2 Å². The number of unbranched alkanes of at least 4 members (excludes halogenated alkanes) is 9. The molecule has 0 saturated heterocycles. The second-order valence-electron chi connectivity index (χ2n) is 9.35. The van der Waals surface area contributed by atoms with E-state index in [2.05, 4.69) is 40.5 Å². The van der Waals surface area contributed by atoms with Crippen molar-refractivity contribution in [3.8, 4) is 0 Å². The van der Waals surface area contributed by atoms with Gasteiger partial charge in [-0.3, -0.25) is 0 Å². The lowest BCUT2D eigenvalue weighted by molar-refractivity contribution is -0.414. The maximum atomic E-state index is 6.33. The fourth-order valence-corrected chi connectivity index (χ4v) is 3.75. The first-order valence-corrected chi connectivity index (χ1v) is 14.0. The van der Waals surface area contributed by atoms with Gasteiger partial charge < -0.3 is 18.9 Å². The molecule has 0 heterocycles. The molecule has 3 unspecified atom stereocenters. The van der Waals surface area contributed by atoms with Gasteiger partial charge in [-0.1, -0.05) is 103 Å². The lowest BCUT2D eigenvalue weighted by Gasteiger charge is -2.39. The Labute approximate surface area is 212 Å². The van der Waals surface area contributed by atoms with Gasteiger partial charge in [-0.15, -0.1) is 19.7 Å². The van der Waals surface area contributed by atoms with Crippen LogP contribution in [0.1, 0.15) is 111 Å². The molecule has 4 heteroatoms. The predicted molar refractivity (Wildman–Crippen MR) is 146 cm³/mol. The normalized spacial score (nSPS) is 14.9. The lowest BCUT2D eigenvalue weighted by Crippen LogP contribution is -2.52. The van der Waals surface area contributed by atoms with Crippen LogP contribution in [0.3, 0.4) is 0 Å². The Hall–Kier alpha value is -0.940. The predicted octanol–water partition coefficient (Wildman–Crippen LogP) is 8.77. The van der Waals surface area contributed by atoms with Crippen LogP contribution in [0.4, 0.5) is 0 Å². The van der Waals surface area contributed by atoms with Crippen LogP contribution in [0.15, 0.2) is 38.0 Å². The van der Waals surface area contributed by atoms with Gasteiger partial charge in [0.25, 0.3) is 0 Å². The van der Waals surface area contributed by atoms with Gasteiger partial charge in [0.2, 0.25) is 0 Å². The highest BCUT2D eigenvalue weighted by Gasteiger charge is 2.43. The molecule has 0 aliphatic carbocycles. The molecule has 0 spiro atoms. The molecule has 0 aliphatic rings. The van der Waals surface area contributed by atoms with Crippen LogP contribution in [-0.2, 0) is 18.9 Å². The van der Waals surface area contributed by atoms with Crippen molar-refractivity contribution < 1.29 is 18.9 Å². The first kappa shape index (κ1) is 33.1. The van der Waals surface area contributed by atoms with E-state index in [1.807, 2.05) is 12.2 Å². The highest BCUT2D eigenvalue weighted by molar-refractivity contribution is 4.83. The quantitative estimate of drug-likeness (QED) is 0.0669. The van der Waals surface area contributed by atoms with Crippen LogP contribution in [0.2, 0.25) is 0 Å². The van der Waals surface area contributed by atoms with Crippen molar-refractivity contribution in [1.29, 1.82) is 0 Å². The summed E-state index contributed by atoms with van der Waals surface area (Å²) >= 11 is 0. The van der Waals surface area contributed by atoms with Crippen molar-refractivity contribution in [3.63, 3.8) is 0 Å². The summed E-state index contributed by atoms with van der Waals surface area (Å²) < 4.78 is 25.0. The third-order valence-corrected chi connectivity index (χ3v) is 6.23. The molecule has 0 N–H and O–H groups in total. The standard InChI is InChI=1S/C30H56O4/c1-7-12-14-15-16-17-18-19-20-21-25-31-29(22-9-3)30(32-24-10-4,33-26-13-8-2)34-27-23-28(6)11-5/h8-10,28-29H,2-4,7,11-27H2,1,5-6H3. The van der Waals surface area contributed by atoms with Gasteiger partial charge in [0, 0.05) is 6.61 Å². The topological polar surface area (TPSA) is 36.9 Å². The van der Waals surface area contributed by atoms with Crippen molar-refractivity contribution in [1.82, 2.24) is 0 Å². The molecule has 0 radical (unpaired) electrons. The first-order valence-electron chi connectivity index (χ1n) is 14.0. The summed E-state index contributed by atoms with van der Waals surface area (Å²) in [6.07, 6.45) is 21.4. The van der Waals surface area contributed by atoms with Crippen LogP contribution in [-0.4, -0.2) is 38.5 Å². The van der Waals surface area contributed by atoms with Gasteiger partial charge >= 0.3 is 5.97 Å². The van der Waals surface area contributed by atoms with Crippen LogP contribution < -0.4 is 0 Å². The summed E-state index contributed by atoms with van der Waals surface area (Å²) in [5.74, 6) is -0.687. The van der Waals surface area contributed by atoms with E-state index in [0.717, 1.165) is 19.3 Å².